The molecule has 0 aliphatic heterocycles. The summed E-state index contributed by atoms with van der Waals surface area (Å²) in [5.74, 6) is 5.17. The first-order chi connectivity index (χ1) is 63.2. The number of methoxy groups -OCH3 is 3. The summed E-state index contributed by atoms with van der Waals surface area (Å²) in [4.78, 5) is 29.5. The van der Waals surface area contributed by atoms with E-state index in [0.717, 1.165) is 130 Å². The Balaban J connectivity index is 0.000000252. The van der Waals surface area contributed by atoms with Crippen LogP contribution < -0.4 is 150 Å². The summed E-state index contributed by atoms with van der Waals surface area (Å²) in [6.07, 6.45) is 30.8. The fourth-order valence-electron chi connectivity index (χ4n) is 19.3. The van der Waals surface area contributed by atoms with Crippen LogP contribution in [0.25, 0.3) is 93.9 Å². The number of aryl methyl sites for hydroxylation is 3. The van der Waals surface area contributed by atoms with E-state index < -0.39 is 15.0 Å². The number of nitrogens with one attached hydrogen (secondary N) is 1. The molecule has 135 heavy (non-hydrogen) atoms. The van der Waals surface area contributed by atoms with E-state index in [9.17, 15) is 0 Å². The molecule has 704 valence electrons. The molecule has 0 atom stereocenters. The monoisotopic (exact) mass is 2030 g/mol. The Morgan fingerprint density at radius 3 is 1.41 bits per heavy atom. The molecule has 0 spiro atoms. The first-order valence-electron chi connectivity index (χ1n) is 46.5. The molecule has 0 bridgehead atoms. The van der Waals surface area contributed by atoms with Gasteiger partial charge in [0.1, 0.15) is 34.2 Å². The van der Waals surface area contributed by atoms with E-state index in [-0.39, 0.29) is 159 Å². The summed E-state index contributed by atoms with van der Waals surface area (Å²) in [6.45, 7) is 14.8. The first kappa shape index (κ1) is 115. The fourth-order valence-corrected chi connectivity index (χ4v) is 27.9. The molecule has 4 fully saturated rings. The van der Waals surface area contributed by atoms with E-state index >= 15 is 0 Å². The van der Waals surface area contributed by atoms with E-state index in [0.29, 0.717) is 39.6 Å². The van der Waals surface area contributed by atoms with E-state index in [1.165, 1.54) is 167 Å². The molecule has 4 saturated carbocycles. The second kappa shape index (κ2) is 59.2. The van der Waals surface area contributed by atoms with E-state index in [1.54, 1.807) is 43.0 Å². The van der Waals surface area contributed by atoms with Crippen molar-refractivity contribution in [2.24, 2.45) is 11.8 Å². The predicted molar refractivity (Wildman–Crippen MR) is 563 cm³/mol. The topological polar surface area (TPSA) is 245 Å². The van der Waals surface area contributed by atoms with Crippen molar-refractivity contribution in [2.75, 3.05) is 32.8 Å². The van der Waals surface area contributed by atoms with Crippen molar-refractivity contribution in [2.45, 2.75) is 220 Å². The predicted octanol–water partition coefficient (Wildman–Crippen LogP) is 21.2. The number of fused-ring (bicyclic) bond motifs is 6. The van der Waals surface area contributed by atoms with Crippen LogP contribution in [0, 0.1) is 38.7 Å². The van der Waals surface area contributed by atoms with Gasteiger partial charge in [0.25, 0.3) is 6.47 Å². The summed E-state index contributed by atoms with van der Waals surface area (Å²) in [5, 5.41) is 33.7. The molecule has 10 aromatic carbocycles. The summed E-state index contributed by atoms with van der Waals surface area (Å²) < 4.78 is 17.4. The molecular formula is C112H135BCl2K2N7O8P2Pd+. The second-order valence-corrected chi connectivity index (χ2v) is 41.7. The largest absolute Gasteiger partial charge is 2.00 e. The van der Waals surface area contributed by atoms with Gasteiger partial charge in [-0.1, -0.05) is 258 Å². The van der Waals surface area contributed by atoms with Crippen molar-refractivity contribution < 1.29 is 164 Å². The number of hydrogen-bond donors (Lipinski definition) is 4. The fraction of sp³-hybridized carbons (Fsp3) is 0.348. The minimum absolute atomic E-state index is 0. The number of carbonyl (C=O) groups is 1. The zero-order chi connectivity index (χ0) is 92.0. The van der Waals surface area contributed by atoms with Gasteiger partial charge in [0, 0.05) is 52.0 Å². The minimum Gasteiger partial charge on any atom is -1.00 e. The van der Waals surface area contributed by atoms with Gasteiger partial charge in [-0.3, -0.25) is 14.8 Å². The van der Waals surface area contributed by atoms with Crippen LogP contribution in [0.3, 0.4) is 0 Å². The Labute approximate surface area is 917 Å². The minimum atomic E-state index is -1.35. The molecule has 0 amide bonds. The molecule has 7 N–H and O–H groups in total. The normalized spacial score (nSPS) is 13.7. The average Bonchev–Trinajstić information content (AvgIpc) is 0.756. The third-order valence-corrected chi connectivity index (χ3v) is 33.1. The van der Waals surface area contributed by atoms with Crippen LogP contribution in [0.4, 0.5) is 17.3 Å². The average molecular weight is 2040 g/mol. The molecule has 4 aliphatic carbocycles. The maximum absolute atomic E-state index is 8.85. The molecule has 23 heteroatoms. The number of aromatic nitrogens is 4. The number of nitrogens with zero attached hydrogens (tertiary/aromatic N) is 4. The Kier molecular flexibility index (Phi) is 50.6. The van der Waals surface area contributed by atoms with Crippen molar-refractivity contribution in [3.63, 3.8) is 0 Å². The molecule has 4 heterocycles. The number of hydrogen-bond acceptors (Lipinski definition) is 14. The first-order valence-corrected chi connectivity index (χ1v) is 50.0. The van der Waals surface area contributed by atoms with Crippen molar-refractivity contribution >= 4 is 130 Å². The third-order valence-electron chi connectivity index (χ3n) is 25.3. The smallest absolute Gasteiger partial charge is 1.00 e. The summed E-state index contributed by atoms with van der Waals surface area (Å²) in [6, 6.07) is 85.4. The maximum Gasteiger partial charge on any atom is 2.00 e. The quantitative estimate of drug-likeness (QED) is 0.0112. The second-order valence-electron chi connectivity index (χ2n) is 35.4. The zero-order valence-electron chi connectivity index (χ0n) is 81.1. The van der Waals surface area contributed by atoms with Crippen molar-refractivity contribution in [1.29, 1.82) is 0 Å². The van der Waals surface area contributed by atoms with Crippen molar-refractivity contribution in [3.8, 4) is 61.8 Å². The molecule has 18 rings (SSSR count). The van der Waals surface area contributed by atoms with Crippen molar-refractivity contribution in [1.82, 2.24) is 19.9 Å². The van der Waals surface area contributed by atoms with Crippen molar-refractivity contribution in [3.05, 3.63) is 288 Å². The van der Waals surface area contributed by atoms with Gasteiger partial charge >= 0.3 is 130 Å². The molecule has 0 radical (unpaired) electrons. The number of nitrogen functional groups attached to an aromatic ring is 2. The Morgan fingerprint density at radius 1 is 0.511 bits per heavy atom. The zero-order valence-corrected chi connectivity index (χ0v) is 91.4. The van der Waals surface area contributed by atoms with Crippen LogP contribution in [0.5, 0.6) is 17.2 Å². The van der Waals surface area contributed by atoms with Crippen LogP contribution in [-0.2, 0) is 42.9 Å². The number of carbonyl (C=O) groups excluding carboxylic acids is 1. The SMILES string of the molecule is C.CC(C)Cc1ccc(B(O)O)cc1.COc1cccc(C)c1-c1ccccc1P(C1CCCCC1)C1CCCCC1.COc1cccc(OC)c1-c1ccccc1[PH+](C1CCCCC1)C1CCCCC1.Cc1ccc2c(N)nc3cccc(-c4ccc(CC(C)C)cc4)c3c2n1.Cc1ccc2c(N)nc3cccc(Cl)c3c2n1.Cl.O=CO[O-].[H-].[K+].[K+].[NH-]c1ccccc1-c1[c-]cccc1.[Pd+2]. The molecule has 15 nitrogen and oxygen atoms in total. The molecule has 4 aliphatic rings. The van der Waals surface area contributed by atoms with Crippen LogP contribution in [0.1, 0.15) is 193 Å². The van der Waals surface area contributed by atoms with Gasteiger partial charge in [-0.15, -0.1) is 53.9 Å². The number of ether oxygens (including phenoxy) is 3. The number of nitrogens with two attached hydrogens (primary N) is 2. The molecule has 0 saturated heterocycles. The molecular weight excluding hydrogens is 1900 g/mol. The van der Waals surface area contributed by atoms with Gasteiger partial charge in [-0.25, -0.2) is 9.97 Å². The van der Waals surface area contributed by atoms with Gasteiger partial charge in [0.05, 0.1) is 65.3 Å². The summed E-state index contributed by atoms with van der Waals surface area (Å²) in [5.41, 5.74) is 43.3. The van der Waals surface area contributed by atoms with Gasteiger partial charge in [-0.05, 0) is 245 Å². The van der Waals surface area contributed by atoms with Gasteiger partial charge in [0.2, 0.25) is 0 Å². The Morgan fingerprint density at radius 2 is 0.933 bits per heavy atom. The standard InChI is InChI=1S/C26H35O2P.C26H35OP.C23H23N3.C13H10ClN3.C12H9N.C10H15BO2.CH2O3.CH4.ClH.2K.Pd.H/c1-27-23-17-11-18-24(28-2)26(23)22-16-9-10-19-25(22)29(20-12-5-3-6-13-20)21-14-7-4-8-15-21;1-20-12-11-18-24(27-2)26(20)23-17-9-10-19-25(23)28(21-13-5-3-6-14-21)22-15-7-4-8-16-22;1-14(2)13-16-8-10-17(11-9-16)18-5-4-6-20-21(18)22-19(23(24)26-20)12-7-15(3)25-22;1-7-5-6-8-12(16-7)11-9(14)3-2-4-10(11)17-13(8)15;13-12-9-5-4-8-11(12)10-6-2-1-3-7-10;1-8(2)7-9-3-5-10(6-4-9)11(12)13;2-1-4-3;;;;;;/h9-11,16-21H,3-8,12-15H2,1-2H3;9-12,17-19,21-22H,3-8,13-16H2,1-2H3;4-12,14H,13H2,1-3H3,(H2,24,26);2-6H,1H3,(H2,15,17);1-6,8-9,13H;3-6,8,12-13H,7H2,1-2H3;1,3H;1H4;1H;;;;/q;;;;-2;;;;;2*+1;+2;-1. The number of halogens is 2. The summed E-state index contributed by atoms with van der Waals surface area (Å²) >= 11 is 6.22. The van der Waals surface area contributed by atoms with E-state index in [2.05, 4.69) is 170 Å². The van der Waals surface area contributed by atoms with Gasteiger partial charge in [0.15, 0.2) is 0 Å². The third kappa shape index (κ3) is 31.7. The van der Waals surface area contributed by atoms with Crippen LogP contribution in [-0.4, -0.2) is 87.5 Å². The Hall–Kier alpha value is -6.57. The molecule has 4 aromatic heterocycles. The van der Waals surface area contributed by atoms with Gasteiger partial charge < -0.3 is 53.0 Å². The Bertz CT molecular complexity index is 5930. The number of anilines is 2. The number of rotatable bonds is 19. The summed E-state index contributed by atoms with van der Waals surface area (Å²) in [7, 11) is 3.22. The molecule has 14 aromatic rings. The number of pyridine rings is 4. The van der Waals surface area contributed by atoms with Crippen LogP contribution >= 0.6 is 39.9 Å². The number of benzene rings is 10. The molecule has 0 unspecified atom stereocenters. The van der Waals surface area contributed by atoms with Gasteiger partial charge in [-0.2, -0.15) is 5.69 Å². The maximum atomic E-state index is 8.85. The van der Waals surface area contributed by atoms with Crippen LogP contribution in [0.15, 0.2) is 243 Å². The van der Waals surface area contributed by atoms with Crippen LogP contribution in [0.2, 0.25) is 5.02 Å². The van der Waals surface area contributed by atoms with E-state index in [4.69, 9.17) is 68.1 Å². The van der Waals surface area contributed by atoms with E-state index in [1.807, 2.05) is 136 Å².